The Labute approximate surface area is 208 Å². The number of non-ortho nitro benzene ring substituents is 1. The number of benzene rings is 3. The molecule has 0 aliphatic heterocycles. The number of anilines is 1. The van der Waals surface area contributed by atoms with Crippen molar-refractivity contribution in [2.24, 2.45) is 0 Å². The molecule has 36 heavy (non-hydrogen) atoms. The molecule has 3 rings (SSSR count). The largest absolute Gasteiger partial charge is 0.495 e. The van der Waals surface area contributed by atoms with Gasteiger partial charge in [0.15, 0.2) is 11.5 Å². The number of nitrogens with one attached hydrogen (secondary N) is 1. The first-order chi connectivity index (χ1) is 17.4. The number of nitro groups is 1. The van der Waals surface area contributed by atoms with Crippen molar-refractivity contribution in [1.29, 1.82) is 0 Å². The molecule has 0 unspecified atom stereocenters. The van der Waals surface area contributed by atoms with E-state index in [0.717, 1.165) is 5.56 Å². The highest BCUT2D eigenvalue weighted by Gasteiger charge is 2.13. The summed E-state index contributed by atoms with van der Waals surface area (Å²) in [5.41, 5.74) is 2.43. The lowest BCUT2D eigenvalue weighted by Gasteiger charge is -2.13. The number of nitro benzene ring substituents is 1. The zero-order valence-electron chi connectivity index (χ0n) is 20.3. The maximum Gasteiger partial charge on any atom is 0.270 e. The highest BCUT2D eigenvalue weighted by Crippen LogP contribution is 2.39. The molecular weight excluding hydrogens is 464 g/mol. The fourth-order valence-electron chi connectivity index (χ4n) is 3.45. The topological polar surface area (TPSA) is 109 Å². The summed E-state index contributed by atoms with van der Waals surface area (Å²) in [6.07, 6.45) is 6.47. The summed E-state index contributed by atoms with van der Waals surface area (Å²) in [6, 6.07) is 15.0. The van der Waals surface area contributed by atoms with Gasteiger partial charge in [-0.1, -0.05) is 36.4 Å². The van der Waals surface area contributed by atoms with Gasteiger partial charge in [-0.05, 0) is 35.4 Å². The Kier molecular flexibility index (Phi) is 8.66. The first-order valence-corrected chi connectivity index (χ1v) is 10.8. The number of carbonyl (C=O) groups excluding carboxylic acids is 1. The Bertz CT molecular complexity index is 1290. The first-order valence-electron chi connectivity index (χ1n) is 10.8. The van der Waals surface area contributed by atoms with Crippen LogP contribution < -0.4 is 24.3 Å². The van der Waals surface area contributed by atoms with Crippen LogP contribution in [0.5, 0.6) is 23.0 Å². The fourth-order valence-corrected chi connectivity index (χ4v) is 3.45. The first kappa shape index (κ1) is 25.8. The highest BCUT2D eigenvalue weighted by molar-refractivity contribution is 6.04. The minimum Gasteiger partial charge on any atom is -0.495 e. The van der Waals surface area contributed by atoms with E-state index in [9.17, 15) is 14.9 Å². The number of rotatable bonds is 10. The Morgan fingerprint density at radius 1 is 0.806 bits per heavy atom. The van der Waals surface area contributed by atoms with Gasteiger partial charge in [0.05, 0.1) is 39.0 Å². The van der Waals surface area contributed by atoms with Gasteiger partial charge in [-0.2, -0.15) is 0 Å². The van der Waals surface area contributed by atoms with Gasteiger partial charge in [0.2, 0.25) is 11.7 Å². The molecule has 0 aromatic heterocycles. The molecular formula is C27H26N2O7. The average molecular weight is 491 g/mol. The summed E-state index contributed by atoms with van der Waals surface area (Å²) in [7, 11) is 6.13. The van der Waals surface area contributed by atoms with E-state index in [2.05, 4.69) is 5.32 Å². The number of carbonyl (C=O) groups is 1. The maximum atomic E-state index is 12.7. The van der Waals surface area contributed by atoms with Gasteiger partial charge in [-0.15, -0.1) is 0 Å². The molecule has 0 aliphatic rings. The van der Waals surface area contributed by atoms with E-state index in [1.54, 1.807) is 44.6 Å². The molecule has 9 heteroatoms. The lowest BCUT2D eigenvalue weighted by molar-refractivity contribution is -0.384. The predicted octanol–water partition coefficient (Wildman–Crippen LogP) is 5.45. The number of para-hydroxylation sites is 1. The second kappa shape index (κ2) is 12.1. The Morgan fingerprint density at radius 2 is 1.47 bits per heavy atom. The van der Waals surface area contributed by atoms with Gasteiger partial charge >= 0.3 is 0 Å². The van der Waals surface area contributed by atoms with Gasteiger partial charge in [-0.3, -0.25) is 14.9 Å². The molecule has 0 radical (unpaired) electrons. The zero-order chi connectivity index (χ0) is 26.1. The summed E-state index contributed by atoms with van der Waals surface area (Å²) in [4.78, 5) is 23.2. The summed E-state index contributed by atoms with van der Waals surface area (Å²) in [6.45, 7) is 0. The van der Waals surface area contributed by atoms with E-state index < -0.39 is 10.8 Å². The van der Waals surface area contributed by atoms with E-state index in [1.165, 1.54) is 38.5 Å². The summed E-state index contributed by atoms with van der Waals surface area (Å²) in [5.74, 6) is 1.57. The van der Waals surface area contributed by atoms with Crippen LogP contribution in [0, 0.1) is 10.1 Å². The molecule has 0 aliphatic carbocycles. The van der Waals surface area contributed by atoms with Crippen LogP contribution in [-0.2, 0) is 4.79 Å². The van der Waals surface area contributed by atoms with E-state index >= 15 is 0 Å². The smallest absolute Gasteiger partial charge is 0.270 e. The minimum atomic E-state index is -0.487. The number of methoxy groups -OCH3 is 4. The molecule has 1 N–H and O–H groups in total. The molecule has 9 nitrogen and oxygen atoms in total. The van der Waals surface area contributed by atoms with Crippen LogP contribution >= 0.6 is 0 Å². The third-order valence-electron chi connectivity index (χ3n) is 5.18. The molecule has 186 valence electrons. The van der Waals surface area contributed by atoms with Crippen LogP contribution in [-0.4, -0.2) is 39.3 Å². The predicted molar refractivity (Wildman–Crippen MR) is 139 cm³/mol. The monoisotopic (exact) mass is 490 g/mol. The lowest BCUT2D eigenvalue weighted by Crippen LogP contribution is -2.10. The highest BCUT2D eigenvalue weighted by atomic mass is 16.6. The second-order valence-electron chi connectivity index (χ2n) is 7.39. The average Bonchev–Trinajstić information content (AvgIpc) is 2.90. The third kappa shape index (κ3) is 6.20. The lowest BCUT2D eigenvalue weighted by atomic mass is 10.1. The van der Waals surface area contributed by atoms with E-state index in [-0.39, 0.29) is 5.69 Å². The zero-order valence-corrected chi connectivity index (χ0v) is 20.3. The van der Waals surface area contributed by atoms with E-state index in [1.807, 2.05) is 24.3 Å². The molecule has 3 aromatic carbocycles. The van der Waals surface area contributed by atoms with Gasteiger partial charge in [-0.25, -0.2) is 0 Å². The molecule has 0 saturated heterocycles. The minimum absolute atomic E-state index is 0.0542. The van der Waals surface area contributed by atoms with Crippen LogP contribution in [0.4, 0.5) is 11.4 Å². The molecule has 3 aromatic rings. The second-order valence-corrected chi connectivity index (χ2v) is 7.39. The molecule has 0 bridgehead atoms. The SMILES string of the molecule is COc1cccc(/C=C/c2cc(OC)c(OC)c(OC)c2)c1NC(=O)/C=C/c1cccc([N+](=O)[O-])c1. The summed E-state index contributed by atoms with van der Waals surface area (Å²) < 4.78 is 21.6. The van der Waals surface area contributed by atoms with Gasteiger partial charge in [0, 0.05) is 23.8 Å². The van der Waals surface area contributed by atoms with Crippen molar-refractivity contribution in [3.8, 4) is 23.0 Å². The fraction of sp³-hybridized carbons (Fsp3) is 0.148. The molecule has 0 heterocycles. The Hall–Kier alpha value is -4.79. The van der Waals surface area contributed by atoms with Crippen LogP contribution in [0.15, 0.2) is 60.7 Å². The van der Waals surface area contributed by atoms with Crippen molar-refractivity contribution >= 4 is 35.5 Å². The number of amides is 1. The normalized spacial score (nSPS) is 10.9. The number of nitrogens with zero attached hydrogens (tertiary/aromatic N) is 1. The van der Waals surface area contributed by atoms with Gasteiger partial charge < -0.3 is 24.3 Å². The van der Waals surface area contributed by atoms with Crippen molar-refractivity contribution in [2.45, 2.75) is 0 Å². The molecule has 0 atom stereocenters. The Balaban J connectivity index is 1.88. The summed E-state index contributed by atoms with van der Waals surface area (Å²) in [5, 5.41) is 13.8. The van der Waals surface area contributed by atoms with Gasteiger partial charge in [0.25, 0.3) is 5.69 Å². The molecule has 0 fully saturated rings. The van der Waals surface area contributed by atoms with Gasteiger partial charge in [0.1, 0.15) is 5.75 Å². The van der Waals surface area contributed by atoms with E-state index in [4.69, 9.17) is 18.9 Å². The Morgan fingerprint density at radius 3 is 2.08 bits per heavy atom. The molecule has 0 saturated carbocycles. The van der Waals surface area contributed by atoms with Crippen molar-refractivity contribution in [3.63, 3.8) is 0 Å². The maximum absolute atomic E-state index is 12.7. The quantitative estimate of drug-likeness (QED) is 0.174. The van der Waals surface area contributed by atoms with E-state index in [0.29, 0.717) is 39.8 Å². The summed E-state index contributed by atoms with van der Waals surface area (Å²) >= 11 is 0. The number of ether oxygens (including phenoxy) is 4. The van der Waals surface area contributed by atoms with Crippen LogP contribution in [0.1, 0.15) is 16.7 Å². The van der Waals surface area contributed by atoms with Crippen LogP contribution in [0.25, 0.3) is 18.2 Å². The van der Waals surface area contributed by atoms with Crippen LogP contribution in [0.2, 0.25) is 0 Å². The number of hydrogen-bond acceptors (Lipinski definition) is 7. The standard InChI is InChI=1S/C27H26N2O7/c1-33-22-10-6-8-20(13-11-19-16-23(34-2)27(36-4)24(17-19)35-3)26(22)28-25(30)14-12-18-7-5-9-21(15-18)29(31)32/h5-17H,1-4H3,(H,28,30)/b13-11+,14-12+. The van der Waals surface area contributed by atoms with Crippen LogP contribution in [0.3, 0.4) is 0 Å². The van der Waals surface area contributed by atoms with Crippen molar-refractivity contribution in [1.82, 2.24) is 0 Å². The third-order valence-corrected chi connectivity index (χ3v) is 5.18. The molecule has 1 amide bonds. The van der Waals surface area contributed by atoms with Crippen molar-refractivity contribution in [2.75, 3.05) is 33.8 Å². The number of hydrogen-bond donors (Lipinski definition) is 1. The molecule has 0 spiro atoms. The van der Waals surface area contributed by atoms with Crippen molar-refractivity contribution < 1.29 is 28.7 Å². The van der Waals surface area contributed by atoms with Crippen molar-refractivity contribution in [3.05, 3.63) is 87.5 Å².